The number of aliphatic hydroxyl groups excluding tert-OH is 1. The lowest BCUT2D eigenvalue weighted by Gasteiger charge is -2.28. The molecule has 0 spiro atoms. The Morgan fingerprint density at radius 1 is 1.06 bits per heavy atom. The molecule has 0 aliphatic carbocycles. The summed E-state index contributed by atoms with van der Waals surface area (Å²) < 4.78 is 22.5. The first-order valence-electron chi connectivity index (χ1n) is 14.7. The van der Waals surface area contributed by atoms with Crippen molar-refractivity contribution in [1.82, 2.24) is 16.1 Å². The maximum Gasteiger partial charge on any atom is 0.337 e. The number of hydrogen-bond donors (Lipinski definition) is 4. The zero-order valence-electron chi connectivity index (χ0n) is 26.1. The van der Waals surface area contributed by atoms with Crippen LogP contribution in [0.5, 0.6) is 17.2 Å². The first kappa shape index (κ1) is 35.1. The van der Waals surface area contributed by atoms with Gasteiger partial charge in [0, 0.05) is 5.70 Å². The molecule has 4 rings (SSSR count). The lowest BCUT2D eigenvalue weighted by Crippen LogP contribution is -2.45. The zero-order chi connectivity index (χ0) is 33.9. The van der Waals surface area contributed by atoms with Gasteiger partial charge in [0.15, 0.2) is 17.7 Å². The van der Waals surface area contributed by atoms with E-state index in [9.17, 15) is 14.7 Å². The molecular formula is C34H36Cl2N4O7. The van der Waals surface area contributed by atoms with Crippen molar-refractivity contribution in [3.63, 3.8) is 0 Å². The Labute approximate surface area is 283 Å². The summed E-state index contributed by atoms with van der Waals surface area (Å²) in [5, 5.41) is 20.9. The molecule has 11 nitrogen and oxygen atoms in total. The Balaban J connectivity index is 1.38. The zero-order valence-corrected chi connectivity index (χ0v) is 27.7. The van der Waals surface area contributed by atoms with Crippen LogP contribution in [0.1, 0.15) is 42.1 Å². The Hall–Kier alpha value is -4.71. The summed E-state index contributed by atoms with van der Waals surface area (Å²) in [5.41, 5.74) is 6.46. The topological polar surface area (TPSA) is 140 Å². The number of aliphatic hydroxyl groups is 1. The molecule has 0 saturated heterocycles. The molecule has 3 aromatic rings. The van der Waals surface area contributed by atoms with Crippen LogP contribution in [-0.4, -0.2) is 49.9 Å². The predicted molar refractivity (Wildman–Crippen MR) is 180 cm³/mol. The van der Waals surface area contributed by atoms with Crippen molar-refractivity contribution in [1.29, 1.82) is 0 Å². The molecule has 1 aliphatic heterocycles. The number of ether oxygens (including phenoxy) is 4. The van der Waals surface area contributed by atoms with Gasteiger partial charge in [-0.25, -0.2) is 9.59 Å². The Morgan fingerprint density at radius 2 is 1.85 bits per heavy atom. The highest BCUT2D eigenvalue weighted by Gasteiger charge is 2.32. The number of nitrogens with zero attached hydrogens (tertiary/aromatic N) is 1. The van der Waals surface area contributed by atoms with E-state index in [0.717, 1.165) is 16.7 Å². The van der Waals surface area contributed by atoms with Gasteiger partial charge in [-0.1, -0.05) is 41.4 Å². The summed E-state index contributed by atoms with van der Waals surface area (Å²) >= 11 is 12.1. The number of esters is 1. The van der Waals surface area contributed by atoms with Gasteiger partial charge in [-0.3, -0.25) is 5.43 Å². The number of carbonyl (C=O) groups is 2. The van der Waals surface area contributed by atoms with E-state index in [1.807, 2.05) is 31.2 Å². The van der Waals surface area contributed by atoms with Crippen LogP contribution < -0.4 is 30.3 Å². The highest BCUT2D eigenvalue weighted by Crippen LogP contribution is 2.35. The second kappa shape index (κ2) is 16.7. The highest BCUT2D eigenvalue weighted by molar-refractivity contribution is 6.42. The third kappa shape index (κ3) is 9.41. The molecule has 47 heavy (non-hydrogen) atoms. The number of carbonyl (C=O) groups excluding carboxylic acids is 2. The Bertz CT molecular complexity index is 1680. The molecule has 2 amide bonds. The largest absolute Gasteiger partial charge is 0.490 e. The van der Waals surface area contributed by atoms with Gasteiger partial charge < -0.3 is 34.7 Å². The molecule has 0 bridgehead atoms. The number of nitrogens with one attached hydrogen (secondary N) is 3. The highest BCUT2D eigenvalue weighted by atomic mass is 35.5. The average Bonchev–Trinajstić information content (AvgIpc) is 3.05. The monoisotopic (exact) mass is 682 g/mol. The number of halogens is 2. The summed E-state index contributed by atoms with van der Waals surface area (Å²) in [6, 6.07) is 14.7. The van der Waals surface area contributed by atoms with E-state index in [4.69, 9.17) is 42.1 Å². The Morgan fingerprint density at radius 3 is 2.57 bits per heavy atom. The van der Waals surface area contributed by atoms with Crippen molar-refractivity contribution in [2.45, 2.75) is 39.1 Å². The standard InChI is InChI=1S/C34H36Cl2N4O7/c1-5-7-23-14-21(9-12-27(23)46-18-22-8-11-25(35)26(36)15-22)17-37-40-30(41)19-47-28-13-10-24(16-29(28)45-6-2)32-31(33(42)44-4)20(3)38-34(43)39-32/h5,8-17,30,32,40-41H,1,6-7,18-19H2,2-4H3,(H2,38,39,43)/b37-17-/t30-,32+/m1/s1. The number of rotatable bonds is 15. The summed E-state index contributed by atoms with van der Waals surface area (Å²) in [4.78, 5) is 24.6. The fraction of sp³-hybridized carbons (Fsp3) is 0.265. The van der Waals surface area contributed by atoms with E-state index in [-0.39, 0.29) is 12.2 Å². The molecule has 3 aromatic carbocycles. The van der Waals surface area contributed by atoms with E-state index in [2.05, 4.69) is 27.7 Å². The van der Waals surface area contributed by atoms with Gasteiger partial charge in [-0.2, -0.15) is 5.10 Å². The Kier molecular flexibility index (Phi) is 12.5. The minimum Gasteiger partial charge on any atom is -0.490 e. The van der Waals surface area contributed by atoms with Crippen molar-refractivity contribution in [3.8, 4) is 17.2 Å². The van der Waals surface area contributed by atoms with Gasteiger partial charge in [0.2, 0.25) is 0 Å². The van der Waals surface area contributed by atoms with Gasteiger partial charge in [-0.05, 0) is 85.0 Å². The second-order valence-corrected chi connectivity index (χ2v) is 11.1. The van der Waals surface area contributed by atoms with Crippen LogP contribution in [0.25, 0.3) is 0 Å². The molecule has 0 aromatic heterocycles. The molecule has 248 valence electrons. The number of hydrogen-bond acceptors (Lipinski definition) is 9. The summed E-state index contributed by atoms with van der Waals surface area (Å²) in [7, 11) is 1.27. The molecule has 0 fully saturated rings. The molecule has 0 radical (unpaired) electrons. The maximum absolute atomic E-state index is 12.5. The molecule has 0 saturated carbocycles. The fourth-order valence-corrected chi connectivity index (χ4v) is 5.07. The van der Waals surface area contributed by atoms with Crippen LogP contribution in [0.3, 0.4) is 0 Å². The molecule has 2 atom stereocenters. The predicted octanol–water partition coefficient (Wildman–Crippen LogP) is 5.82. The number of urea groups is 1. The van der Waals surface area contributed by atoms with Crippen LogP contribution in [-0.2, 0) is 22.6 Å². The van der Waals surface area contributed by atoms with E-state index in [0.29, 0.717) is 58.2 Å². The van der Waals surface area contributed by atoms with Crippen molar-refractivity contribution in [3.05, 3.63) is 111 Å². The quantitative estimate of drug-likeness (QED) is 0.0517. The van der Waals surface area contributed by atoms with Crippen molar-refractivity contribution < 1.29 is 33.6 Å². The first-order chi connectivity index (χ1) is 22.6. The molecule has 1 aliphatic rings. The normalized spacial score (nSPS) is 15.0. The third-order valence-electron chi connectivity index (χ3n) is 6.94. The van der Waals surface area contributed by atoms with E-state index < -0.39 is 24.3 Å². The lowest BCUT2D eigenvalue weighted by atomic mass is 9.95. The lowest BCUT2D eigenvalue weighted by molar-refractivity contribution is -0.136. The summed E-state index contributed by atoms with van der Waals surface area (Å²) in [6.45, 7) is 7.76. The molecule has 1 heterocycles. The van der Waals surface area contributed by atoms with Gasteiger partial charge in [0.25, 0.3) is 0 Å². The average molecular weight is 684 g/mol. The second-order valence-electron chi connectivity index (χ2n) is 10.3. The number of hydrazone groups is 1. The van der Waals surface area contributed by atoms with Crippen LogP contribution in [0, 0.1) is 0 Å². The molecule has 13 heteroatoms. The van der Waals surface area contributed by atoms with Crippen molar-refractivity contribution >= 4 is 41.4 Å². The van der Waals surface area contributed by atoms with Gasteiger partial charge in [0.1, 0.15) is 19.0 Å². The first-order valence-corrected chi connectivity index (χ1v) is 15.4. The van der Waals surface area contributed by atoms with Crippen molar-refractivity contribution in [2.75, 3.05) is 20.3 Å². The summed E-state index contributed by atoms with van der Waals surface area (Å²) in [6.07, 6.45) is 2.78. The minimum atomic E-state index is -1.15. The van der Waals surface area contributed by atoms with Crippen LogP contribution in [0.15, 0.2) is 83.6 Å². The smallest absolute Gasteiger partial charge is 0.337 e. The van der Waals surface area contributed by atoms with E-state index >= 15 is 0 Å². The minimum absolute atomic E-state index is 0.156. The van der Waals surface area contributed by atoms with Crippen molar-refractivity contribution in [2.24, 2.45) is 5.10 Å². The number of benzene rings is 3. The van der Waals surface area contributed by atoms with Crippen LogP contribution >= 0.6 is 23.2 Å². The number of methoxy groups -OCH3 is 1. The summed E-state index contributed by atoms with van der Waals surface area (Å²) in [5.74, 6) is 0.841. The van der Waals surface area contributed by atoms with Crippen LogP contribution in [0.4, 0.5) is 4.79 Å². The third-order valence-corrected chi connectivity index (χ3v) is 7.68. The van der Waals surface area contributed by atoms with Crippen LogP contribution in [0.2, 0.25) is 10.0 Å². The van der Waals surface area contributed by atoms with E-state index in [1.165, 1.54) is 7.11 Å². The van der Waals surface area contributed by atoms with Gasteiger partial charge in [-0.15, -0.1) is 6.58 Å². The number of amides is 2. The number of allylic oxidation sites excluding steroid dienone is 2. The van der Waals surface area contributed by atoms with Gasteiger partial charge >= 0.3 is 12.0 Å². The maximum atomic E-state index is 12.5. The van der Waals surface area contributed by atoms with Gasteiger partial charge in [0.05, 0.1) is 41.6 Å². The molecule has 4 N–H and O–H groups in total. The fourth-order valence-electron chi connectivity index (χ4n) is 4.75. The SMILES string of the molecule is C=CCc1cc(/C=N\N[C@H](O)COc2ccc([C@@H]3NC(=O)NC(C)=C3C(=O)OC)cc2OCC)ccc1OCc1ccc(Cl)c(Cl)c1. The molecular weight excluding hydrogens is 647 g/mol. The molecule has 0 unspecified atom stereocenters. The van der Waals surface area contributed by atoms with E-state index in [1.54, 1.807) is 49.5 Å².